The summed E-state index contributed by atoms with van der Waals surface area (Å²) in [4.78, 5) is 2.08. The quantitative estimate of drug-likeness (QED) is 0.859. The first-order valence-electron chi connectivity index (χ1n) is 6.35. The van der Waals surface area contributed by atoms with Crippen molar-refractivity contribution >= 4 is 11.6 Å². The van der Waals surface area contributed by atoms with Crippen LogP contribution in [0.3, 0.4) is 0 Å². The predicted molar refractivity (Wildman–Crippen MR) is 75.3 cm³/mol. The molecule has 0 saturated carbocycles. The largest absolute Gasteiger partial charge is 0.329 e. The Kier molecular flexibility index (Phi) is 6.06. The third-order valence-electron chi connectivity index (χ3n) is 3.38. The monoisotopic (exact) mass is 272 g/mol. The summed E-state index contributed by atoms with van der Waals surface area (Å²) in [6.45, 7) is 5.55. The molecule has 0 radical (unpaired) electrons. The molecule has 0 spiro atoms. The lowest BCUT2D eigenvalue weighted by Crippen LogP contribution is -2.34. The van der Waals surface area contributed by atoms with Gasteiger partial charge >= 0.3 is 0 Å². The number of benzene rings is 1. The number of nitrogens with zero attached hydrogens (tertiary/aromatic N) is 1. The number of halogens is 2. The standard InChI is InChI=1S/C14H22ClFN2/c1-4-10(2)9-18(3)13(8-17)14-11(15)6-5-7-12(14)16/h5-7,10,13H,4,8-9,17H2,1-3H3. The molecular weight excluding hydrogens is 251 g/mol. The molecule has 102 valence electrons. The molecule has 2 unspecified atom stereocenters. The molecule has 0 heterocycles. The van der Waals surface area contributed by atoms with Gasteiger partial charge in [0.05, 0.1) is 6.04 Å². The second-order valence-corrected chi connectivity index (χ2v) is 5.25. The van der Waals surface area contributed by atoms with Crippen LogP contribution in [0.1, 0.15) is 31.9 Å². The molecule has 1 aromatic carbocycles. The van der Waals surface area contributed by atoms with Gasteiger partial charge in [0.15, 0.2) is 0 Å². The molecule has 0 saturated heterocycles. The lowest BCUT2D eigenvalue weighted by molar-refractivity contribution is 0.211. The predicted octanol–water partition coefficient (Wildman–Crippen LogP) is 3.46. The Bertz CT molecular complexity index is 364. The van der Waals surface area contributed by atoms with Gasteiger partial charge in [0, 0.05) is 23.7 Å². The van der Waals surface area contributed by atoms with Gasteiger partial charge in [0.1, 0.15) is 5.82 Å². The van der Waals surface area contributed by atoms with Gasteiger partial charge in [-0.25, -0.2) is 4.39 Å². The van der Waals surface area contributed by atoms with Crippen molar-refractivity contribution in [2.45, 2.75) is 26.3 Å². The summed E-state index contributed by atoms with van der Waals surface area (Å²) in [5.41, 5.74) is 6.30. The fourth-order valence-electron chi connectivity index (χ4n) is 2.10. The Labute approximate surface area is 114 Å². The van der Waals surface area contributed by atoms with Gasteiger partial charge in [-0.2, -0.15) is 0 Å². The van der Waals surface area contributed by atoms with E-state index in [0.717, 1.165) is 13.0 Å². The van der Waals surface area contributed by atoms with Crippen LogP contribution in [0.15, 0.2) is 18.2 Å². The lowest BCUT2D eigenvalue weighted by Gasteiger charge is -2.30. The van der Waals surface area contributed by atoms with Crippen molar-refractivity contribution in [3.05, 3.63) is 34.6 Å². The maximum absolute atomic E-state index is 13.9. The summed E-state index contributed by atoms with van der Waals surface area (Å²) in [6, 6.07) is 4.58. The first kappa shape index (κ1) is 15.4. The lowest BCUT2D eigenvalue weighted by atomic mass is 10.0. The van der Waals surface area contributed by atoms with Crippen LogP contribution in [0.2, 0.25) is 5.02 Å². The molecule has 0 fully saturated rings. The molecule has 0 aromatic heterocycles. The molecule has 0 amide bonds. The molecule has 1 aromatic rings. The van der Waals surface area contributed by atoms with Crippen molar-refractivity contribution < 1.29 is 4.39 Å². The number of likely N-dealkylation sites (N-methyl/N-ethyl adjacent to an activating group) is 1. The zero-order chi connectivity index (χ0) is 13.7. The van der Waals surface area contributed by atoms with E-state index in [-0.39, 0.29) is 11.9 Å². The van der Waals surface area contributed by atoms with Crippen molar-refractivity contribution in [1.29, 1.82) is 0 Å². The Balaban J connectivity index is 2.95. The summed E-state index contributed by atoms with van der Waals surface area (Å²) in [5.74, 6) is 0.267. The SMILES string of the molecule is CCC(C)CN(C)C(CN)c1c(F)cccc1Cl. The van der Waals surface area contributed by atoms with E-state index >= 15 is 0 Å². The van der Waals surface area contributed by atoms with Crippen LogP contribution < -0.4 is 5.73 Å². The van der Waals surface area contributed by atoms with Crippen LogP contribution >= 0.6 is 11.6 Å². The molecule has 0 bridgehead atoms. The number of nitrogens with two attached hydrogens (primary N) is 1. The molecule has 0 aliphatic heterocycles. The maximum atomic E-state index is 13.9. The van der Waals surface area contributed by atoms with Crippen molar-refractivity contribution in [1.82, 2.24) is 4.90 Å². The Morgan fingerprint density at radius 3 is 2.61 bits per heavy atom. The summed E-state index contributed by atoms with van der Waals surface area (Å²) in [5, 5.41) is 0.446. The highest BCUT2D eigenvalue weighted by Gasteiger charge is 2.22. The van der Waals surface area contributed by atoms with Gasteiger partial charge in [0.2, 0.25) is 0 Å². The van der Waals surface area contributed by atoms with E-state index in [1.807, 2.05) is 7.05 Å². The van der Waals surface area contributed by atoms with Gasteiger partial charge in [-0.1, -0.05) is 37.9 Å². The summed E-state index contributed by atoms with van der Waals surface area (Å²) >= 11 is 6.10. The van der Waals surface area contributed by atoms with E-state index in [9.17, 15) is 4.39 Å². The van der Waals surface area contributed by atoms with Gasteiger partial charge in [0.25, 0.3) is 0 Å². The average molecular weight is 273 g/mol. The second kappa shape index (κ2) is 7.07. The van der Waals surface area contributed by atoms with Crippen molar-refractivity contribution in [2.75, 3.05) is 20.1 Å². The molecule has 4 heteroatoms. The third kappa shape index (κ3) is 3.67. The molecular formula is C14H22ClFN2. The molecule has 2 nitrogen and oxygen atoms in total. The molecule has 0 aliphatic rings. The maximum Gasteiger partial charge on any atom is 0.129 e. The van der Waals surface area contributed by atoms with Crippen LogP contribution in [0, 0.1) is 11.7 Å². The van der Waals surface area contributed by atoms with Crippen molar-refractivity contribution in [3.8, 4) is 0 Å². The molecule has 18 heavy (non-hydrogen) atoms. The molecule has 1 rings (SSSR count). The smallest absolute Gasteiger partial charge is 0.129 e. The van der Waals surface area contributed by atoms with Gasteiger partial charge in [-0.3, -0.25) is 4.90 Å². The van der Waals surface area contributed by atoms with E-state index in [0.29, 0.717) is 23.0 Å². The summed E-state index contributed by atoms with van der Waals surface area (Å²) in [7, 11) is 1.96. The third-order valence-corrected chi connectivity index (χ3v) is 3.71. The Morgan fingerprint density at radius 1 is 1.44 bits per heavy atom. The van der Waals surface area contributed by atoms with E-state index in [4.69, 9.17) is 17.3 Å². The van der Waals surface area contributed by atoms with Gasteiger partial charge < -0.3 is 5.73 Å². The molecule has 0 aliphatic carbocycles. The summed E-state index contributed by atoms with van der Waals surface area (Å²) in [6.07, 6.45) is 1.09. The highest BCUT2D eigenvalue weighted by molar-refractivity contribution is 6.31. The topological polar surface area (TPSA) is 29.3 Å². The Morgan fingerprint density at radius 2 is 2.11 bits per heavy atom. The minimum atomic E-state index is -0.283. The van der Waals surface area contributed by atoms with E-state index in [2.05, 4.69) is 18.7 Å². The fraction of sp³-hybridized carbons (Fsp3) is 0.571. The zero-order valence-corrected chi connectivity index (χ0v) is 12.0. The first-order chi connectivity index (χ1) is 8.51. The van der Waals surface area contributed by atoms with E-state index in [1.165, 1.54) is 6.07 Å². The molecule has 2 N–H and O–H groups in total. The molecule has 2 atom stereocenters. The minimum absolute atomic E-state index is 0.173. The minimum Gasteiger partial charge on any atom is -0.329 e. The van der Waals surface area contributed by atoms with Gasteiger partial charge in [-0.05, 0) is 25.1 Å². The van der Waals surface area contributed by atoms with E-state index < -0.39 is 0 Å². The average Bonchev–Trinajstić information content (AvgIpc) is 2.33. The summed E-state index contributed by atoms with van der Waals surface area (Å²) < 4.78 is 13.9. The Hall–Kier alpha value is -0.640. The highest BCUT2D eigenvalue weighted by atomic mass is 35.5. The van der Waals surface area contributed by atoms with E-state index in [1.54, 1.807) is 12.1 Å². The normalized spacial score (nSPS) is 14.8. The van der Waals surface area contributed by atoms with Crippen LogP contribution in [-0.2, 0) is 0 Å². The number of rotatable bonds is 6. The van der Waals surface area contributed by atoms with Crippen molar-refractivity contribution in [3.63, 3.8) is 0 Å². The highest BCUT2D eigenvalue weighted by Crippen LogP contribution is 2.29. The van der Waals surface area contributed by atoms with Crippen LogP contribution in [0.5, 0.6) is 0 Å². The fourth-order valence-corrected chi connectivity index (χ4v) is 2.38. The van der Waals surface area contributed by atoms with Crippen LogP contribution in [0.4, 0.5) is 4.39 Å². The zero-order valence-electron chi connectivity index (χ0n) is 11.3. The van der Waals surface area contributed by atoms with Crippen LogP contribution in [-0.4, -0.2) is 25.0 Å². The van der Waals surface area contributed by atoms with Crippen molar-refractivity contribution in [2.24, 2.45) is 11.7 Å². The number of hydrogen-bond acceptors (Lipinski definition) is 2. The second-order valence-electron chi connectivity index (χ2n) is 4.84. The number of hydrogen-bond donors (Lipinski definition) is 1. The first-order valence-corrected chi connectivity index (χ1v) is 6.73. The van der Waals surface area contributed by atoms with Crippen LogP contribution in [0.25, 0.3) is 0 Å². The van der Waals surface area contributed by atoms with Gasteiger partial charge in [-0.15, -0.1) is 0 Å².